The summed E-state index contributed by atoms with van der Waals surface area (Å²) in [5.41, 5.74) is 6.53. The Bertz CT molecular complexity index is 1040. The maximum Gasteiger partial charge on any atom is 0.152 e. The first kappa shape index (κ1) is 22.4. The van der Waals surface area contributed by atoms with Gasteiger partial charge in [-0.25, -0.2) is 0 Å². The fourth-order valence-electron chi connectivity index (χ4n) is 3.25. The predicted octanol–water partition coefficient (Wildman–Crippen LogP) is 6.90. The lowest BCUT2D eigenvalue weighted by atomic mass is 9.97. The molecule has 0 aliphatic heterocycles. The minimum Gasteiger partial charge on any atom is -0.611 e. The van der Waals surface area contributed by atoms with E-state index in [-0.39, 0.29) is 0 Å². The van der Waals surface area contributed by atoms with Crippen molar-refractivity contribution in [3.63, 3.8) is 0 Å². The molecule has 0 aliphatic carbocycles. The topological polar surface area (TPSA) is 40.1 Å². The number of aryl methyl sites for hydroxylation is 2. The van der Waals surface area contributed by atoms with Crippen molar-refractivity contribution in [1.29, 1.82) is 0 Å². The van der Waals surface area contributed by atoms with E-state index >= 15 is 0 Å². The number of hydrogen-bond acceptors (Lipinski definition) is 2. The second kappa shape index (κ2) is 10.6. The molecular formula is C26H25ClO2S. The van der Waals surface area contributed by atoms with Crippen LogP contribution in [0.15, 0.2) is 71.6 Å². The zero-order valence-corrected chi connectivity index (χ0v) is 18.8. The third-order valence-electron chi connectivity index (χ3n) is 5.12. The molecule has 30 heavy (non-hydrogen) atoms. The van der Waals surface area contributed by atoms with E-state index in [1.165, 1.54) is 16.7 Å². The number of aldehydes is 1. The van der Waals surface area contributed by atoms with Crippen molar-refractivity contribution in [3.8, 4) is 0 Å². The van der Waals surface area contributed by atoms with Crippen molar-refractivity contribution in [2.45, 2.75) is 31.6 Å². The van der Waals surface area contributed by atoms with Crippen LogP contribution in [-0.4, -0.2) is 16.6 Å². The zero-order chi connectivity index (χ0) is 21.5. The highest BCUT2D eigenvalue weighted by Gasteiger charge is 2.12. The third kappa shape index (κ3) is 6.09. The Kier molecular flexibility index (Phi) is 7.92. The first-order valence-corrected chi connectivity index (χ1v) is 11.6. The molecule has 0 saturated carbocycles. The molecule has 0 spiro atoms. The summed E-state index contributed by atoms with van der Waals surface area (Å²) in [5, 5.41) is 0.706. The molecule has 3 aromatic rings. The van der Waals surface area contributed by atoms with Crippen molar-refractivity contribution in [3.05, 3.63) is 99.6 Å². The first-order chi connectivity index (χ1) is 14.5. The molecule has 0 fully saturated rings. The molecule has 0 aliphatic rings. The van der Waals surface area contributed by atoms with Gasteiger partial charge in [0.25, 0.3) is 0 Å². The summed E-state index contributed by atoms with van der Waals surface area (Å²) < 4.78 is 12.6. The molecule has 0 saturated heterocycles. The van der Waals surface area contributed by atoms with Crippen LogP contribution >= 0.6 is 11.6 Å². The summed E-state index contributed by atoms with van der Waals surface area (Å²) >= 11 is 5.13. The summed E-state index contributed by atoms with van der Waals surface area (Å²) in [4.78, 5) is 11.5. The standard InChI is InChI=1S/C26H25ClO2S/c1-19-8-9-22(15-20(19)2)16-23(24-5-3-7-25(27)17-24)6-4-14-30(29)26-12-10-21(18-28)11-13-26/h3,5,7-13,15-18H,4,6,14H2,1-2H3/b23-16-. The van der Waals surface area contributed by atoms with Gasteiger partial charge in [-0.15, -0.1) is 0 Å². The number of carbonyl (C=O) groups excluding carboxylic acids is 1. The van der Waals surface area contributed by atoms with Crippen LogP contribution in [0.4, 0.5) is 0 Å². The summed E-state index contributed by atoms with van der Waals surface area (Å²) in [7, 11) is 0. The zero-order valence-electron chi connectivity index (χ0n) is 17.2. The molecule has 0 aromatic heterocycles. The Balaban J connectivity index is 1.76. The molecule has 2 nitrogen and oxygen atoms in total. The van der Waals surface area contributed by atoms with E-state index in [1.807, 2.05) is 18.2 Å². The lowest BCUT2D eigenvalue weighted by Crippen LogP contribution is -2.07. The van der Waals surface area contributed by atoms with Crippen LogP contribution < -0.4 is 0 Å². The molecule has 0 radical (unpaired) electrons. The molecule has 1 unspecified atom stereocenters. The monoisotopic (exact) mass is 436 g/mol. The van der Waals surface area contributed by atoms with E-state index < -0.39 is 11.2 Å². The van der Waals surface area contributed by atoms with Gasteiger partial charge in [0.15, 0.2) is 4.90 Å². The number of benzene rings is 3. The van der Waals surface area contributed by atoms with Crippen LogP contribution in [0, 0.1) is 13.8 Å². The maximum absolute atomic E-state index is 12.6. The van der Waals surface area contributed by atoms with Crippen molar-refractivity contribution in [1.82, 2.24) is 0 Å². The van der Waals surface area contributed by atoms with E-state index in [0.29, 0.717) is 16.3 Å². The normalized spacial score (nSPS) is 12.6. The highest BCUT2D eigenvalue weighted by molar-refractivity contribution is 7.91. The molecular weight excluding hydrogens is 412 g/mol. The van der Waals surface area contributed by atoms with Gasteiger partial charge in [0.2, 0.25) is 0 Å². The summed E-state index contributed by atoms with van der Waals surface area (Å²) in [6.07, 6.45) is 4.57. The number of halogens is 1. The number of rotatable bonds is 8. The predicted molar refractivity (Wildman–Crippen MR) is 128 cm³/mol. The molecule has 154 valence electrons. The van der Waals surface area contributed by atoms with E-state index in [2.05, 4.69) is 44.2 Å². The van der Waals surface area contributed by atoms with Gasteiger partial charge in [0, 0.05) is 10.6 Å². The van der Waals surface area contributed by atoms with Gasteiger partial charge in [-0.05, 0) is 102 Å². The van der Waals surface area contributed by atoms with Gasteiger partial charge in [0.05, 0.1) is 0 Å². The minimum atomic E-state index is -1.09. The number of hydrogen-bond donors (Lipinski definition) is 0. The first-order valence-electron chi connectivity index (χ1n) is 9.93. The molecule has 3 rings (SSSR count). The van der Waals surface area contributed by atoms with E-state index in [4.69, 9.17) is 11.6 Å². The minimum absolute atomic E-state index is 0.561. The summed E-state index contributed by atoms with van der Waals surface area (Å²) in [6.45, 7) is 4.22. The lowest BCUT2D eigenvalue weighted by Gasteiger charge is -2.13. The van der Waals surface area contributed by atoms with Gasteiger partial charge in [0.1, 0.15) is 12.0 Å². The van der Waals surface area contributed by atoms with Gasteiger partial charge in [-0.3, -0.25) is 4.79 Å². The highest BCUT2D eigenvalue weighted by Crippen LogP contribution is 2.27. The van der Waals surface area contributed by atoms with Crippen molar-refractivity contribution >= 4 is 40.7 Å². The molecule has 0 N–H and O–H groups in total. The van der Waals surface area contributed by atoms with Crippen molar-refractivity contribution in [2.75, 3.05) is 5.75 Å². The molecule has 0 amide bonds. The molecule has 4 heteroatoms. The fourth-order valence-corrected chi connectivity index (χ4v) is 4.53. The van der Waals surface area contributed by atoms with Crippen LogP contribution in [0.3, 0.4) is 0 Å². The van der Waals surface area contributed by atoms with Crippen LogP contribution in [0.25, 0.3) is 11.6 Å². The molecule has 1 atom stereocenters. The van der Waals surface area contributed by atoms with Crippen LogP contribution in [0.1, 0.15) is 45.5 Å². The van der Waals surface area contributed by atoms with E-state index in [0.717, 1.165) is 35.2 Å². The van der Waals surface area contributed by atoms with Crippen molar-refractivity contribution in [2.24, 2.45) is 0 Å². The smallest absolute Gasteiger partial charge is 0.152 e. The van der Waals surface area contributed by atoms with Crippen molar-refractivity contribution < 1.29 is 9.35 Å². The van der Waals surface area contributed by atoms with E-state index in [9.17, 15) is 9.35 Å². The average Bonchev–Trinajstić information content (AvgIpc) is 2.75. The Hall–Kier alpha value is -2.33. The largest absolute Gasteiger partial charge is 0.611 e. The molecule has 0 bridgehead atoms. The summed E-state index contributed by atoms with van der Waals surface area (Å²) in [6, 6.07) is 21.3. The Morgan fingerprint density at radius 2 is 1.70 bits per heavy atom. The fraction of sp³-hybridized carbons (Fsp3) is 0.192. The third-order valence-corrected chi connectivity index (χ3v) is 6.81. The van der Waals surface area contributed by atoms with Crippen LogP contribution in [0.5, 0.6) is 0 Å². The average molecular weight is 437 g/mol. The second-order valence-corrected chi connectivity index (χ2v) is 9.37. The Morgan fingerprint density at radius 1 is 0.967 bits per heavy atom. The maximum atomic E-state index is 12.6. The SMILES string of the molecule is Cc1ccc(/C=C(/CCC[S+]([O-])c2ccc(C=O)cc2)c2cccc(Cl)c2)cc1C. The second-order valence-electron chi connectivity index (χ2n) is 7.36. The van der Waals surface area contributed by atoms with Gasteiger partial charge < -0.3 is 4.55 Å². The molecule has 0 heterocycles. The Morgan fingerprint density at radius 3 is 2.37 bits per heavy atom. The Labute approximate surface area is 186 Å². The molecule has 3 aromatic carbocycles. The van der Waals surface area contributed by atoms with Gasteiger partial charge in [-0.1, -0.05) is 48.0 Å². The number of carbonyl (C=O) groups is 1. The highest BCUT2D eigenvalue weighted by atomic mass is 35.5. The van der Waals surface area contributed by atoms with E-state index in [1.54, 1.807) is 24.3 Å². The quantitative estimate of drug-likeness (QED) is 0.219. The van der Waals surface area contributed by atoms with Gasteiger partial charge >= 0.3 is 0 Å². The summed E-state index contributed by atoms with van der Waals surface area (Å²) in [5.74, 6) is 0.561. The van der Waals surface area contributed by atoms with Crippen LogP contribution in [-0.2, 0) is 11.2 Å². The lowest BCUT2D eigenvalue weighted by molar-refractivity contribution is 0.112. The van der Waals surface area contributed by atoms with Crippen LogP contribution in [0.2, 0.25) is 5.02 Å². The number of allylic oxidation sites excluding steroid dienone is 1. The van der Waals surface area contributed by atoms with Gasteiger partial charge in [-0.2, -0.15) is 0 Å².